The van der Waals surface area contributed by atoms with Gasteiger partial charge in [-0.2, -0.15) is 13.2 Å². The first-order valence-corrected chi connectivity index (χ1v) is 6.42. The van der Waals surface area contributed by atoms with E-state index in [1.807, 2.05) is 6.92 Å². The molecule has 0 aromatic carbocycles. The van der Waals surface area contributed by atoms with Crippen LogP contribution in [0.2, 0.25) is 0 Å². The highest BCUT2D eigenvalue weighted by Gasteiger charge is 2.38. The molecule has 1 atom stereocenters. The van der Waals surface area contributed by atoms with E-state index in [4.69, 9.17) is 0 Å². The summed E-state index contributed by atoms with van der Waals surface area (Å²) in [4.78, 5) is 12.4. The molecule has 0 radical (unpaired) electrons. The van der Waals surface area contributed by atoms with E-state index < -0.39 is 24.2 Å². The fourth-order valence-corrected chi connectivity index (χ4v) is 1.83. The quantitative estimate of drug-likeness (QED) is 0.681. The van der Waals surface area contributed by atoms with Crippen LogP contribution < -0.4 is 5.32 Å². The average molecular weight is 284 g/mol. The number of rotatable bonds is 9. The van der Waals surface area contributed by atoms with Crippen LogP contribution in [0.1, 0.15) is 33.6 Å². The lowest BCUT2D eigenvalue weighted by Gasteiger charge is -2.33. The molecule has 0 heterocycles. The summed E-state index contributed by atoms with van der Waals surface area (Å²) in [5, 5.41) is 12.0. The SMILES string of the molecule is CCCNC(C)(CN(CCC)CC(F)(F)F)C(=O)O. The number of hydrogen-bond acceptors (Lipinski definition) is 3. The first kappa shape index (κ1) is 18.2. The minimum atomic E-state index is -4.32. The van der Waals surface area contributed by atoms with Crippen molar-refractivity contribution in [3.05, 3.63) is 0 Å². The zero-order valence-electron chi connectivity index (χ0n) is 11.7. The van der Waals surface area contributed by atoms with E-state index in [0.717, 1.165) is 11.3 Å². The normalized spacial score (nSPS) is 15.5. The average Bonchev–Trinajstić information content (AvgIpc) is 2.24. The maximum atomic E-state index is 12.4. The third-order valence-corrected chi connectivity index (χ3v) is 2.72. The lowest BCUT2D eigenvalue weighted by Crippen LogP contribution is -2.58. The first-order valence-electron chi connectivity index (χ1n) is 6.42. The van der Waals surface area contributed by atoms with Crippen molar-refractivity contribution in [2.45, 2.75) is 45.3 Å². The molecule has 19 heavy (non-hydrogen) atoms. The smallest absolute Gasteiger partial charge is 0.401 e. The van der Waals surface area contributed by atoms with Gasteiger partial charge in [0.15, 0.2) is 0 Å². The van der Waals surface area contributed by atoms with Crippen molar-refractivity contribution in [2.75, 3.05) is 26.2 Å². The number of carboxylic acid groups (broad SMARTS) is 1. The van der Waals surface area contributed by atoms with Gasteiger partial charge in [-0.05, 0) is 32.9 Å². The highest BCUT2D eigenvalue weighted by Crippen LogP contribution is 2.18. The summed E-state index contributed by atoms with van der Waals surface area (Å²) < 4.78 is 37.3. The highest BCUT2D eigenvalue weighted by atomic mass is 19.4. The Bertz CT molecular complexity index is 285. The Morgan fingerprint density at radius 1 is 1.21 bits per heavy atom. The fourth-order valence-electron chi connectivity index (χ4n) is 1.83. The van der Waals surface area contributed by atoms with Gasteiger partial charge in [-0.1, -0.05) is 13.8 Å². The van der Waals surface area contributed by atoms with Crippen LogP contribution >= 0.6 is 0 Å². The van der Waals surface area contributed by atoms with Crippen LogP contribution in [0, 0.1) is 0 Å². The molecule has 0 amide bonds. The highest BCUT2D eigenvalue weighted by molar-refractivity contribution is 5.78. The molecule has 0 spiro atoms. The number of alkyl halides is 3. The van der Waals surface area contributed by atoms with Crippen molar-refractivity contribution in [2.24, 2.45) is 0 Å². The second kappa shape index (κ2) is 7.69. The Morgan fingerprint density at radius 2 is 1.79 bits per heavy atom. The van der Waals surface area contributed by atoms with Crippen molar-refractivity contribution in [3.63, 3.8) is 0 Å². The summed E-state index contributed by atoms with van der Waals surface area (Å²) in [7, 11) is 0. The summed E-state index contributed by atoms with van der Waals surface area (Å²) in [6.07, 6.45) is -3.06. The molecule has 7 heteroatoms. The van der Waals surface area contributed by atoms with Crippen molar-refractivity contribution in [1.29, 1.82) is 0 Å². The zero-order valence-corrected chi connectivity index (χ0v) is 11.7. The second-order valence-corrected chi connectivity index (χ2v) is 4.89. The summed E-state index contributed by atoms with van der Waals surface area (Å²) in [5.41, 5.74) is -1.36. The number of hydrogen-bond donors (Lipinski definition) is 2. The van der Waals surface area contributed by atoms with Gasteiger partial charge in [-0.15, -0.1) is 0 Å². The fraction of sp³-hybridized carbons (Fsp3) is 0.917. The molecule has 0 aromatic rings. The molecular weight excluding hydrogens is 261 g/mol. The topological polar surface area (TPSA) is 52.6 Å². The number of carbonyl (C=O) groups is 1. The summed E-state index contributed by atoms with van der Waals surface area (Å²) in [6, 6.07) is 0. The summed E-state index contributed by atoms with van der Waals surface area (Å²) >= 11 is 0. The van der Waals surface area contributed by atoms with Crippen molar-refractivity contribution in [3.8, 4) is 0 Å². The summed E-state index contributed by atoms with van der Waals surface area (Å²) in [5.74, 6) is -1.13. The number of nitrogens with zero attached hydrogens (tertiary/aromatic N) is 1. The Kier molecular flexibility index (Phi) is 7.36. The maximum Gasteiger partial charge on any atom is 0.401 e. The van der Waals surface area contributed by atoms with Gasteiger partial charge in [0.25, 0.3) is 0 Å². The van der Waals surface area contributed by atoms with E-state index in [2.05, 4.69) is 5.32 Å². The Labute approximate surface area is 112 Å². The van der Waals surface area contributed by atoms with E-state index in [0.29, 0.717) is 13.0 Å². The van der Waals surface area contributed by atoms with E-state index in [1.165, 1.54) is 6.92 Å². The third kappa shape index (κ3) is 7.37. The van der Waals surface area contributed by atoms with Gasteiger partial charge in [0.2, 0.25) is 0 Å². The van der Waals surface area contributed by atoms with Gasteiger partial charge in [0.05, 0.1) is 6.54 Å². The predicted octanol–water partition coefficient (Wildman–Crippen LogP) is 2.10. The van der Waals surface area contributed by atoms with Crippen LogP contribution in [-0.4, -0.2) is 53.9 Å². The molecule has 0 aromatic heterocycles. The number of halogens is 3. The second-order valence-electron chi connectivity index (χ2n) is 4.89. The van der Waals surface area contributed by atoms with E-state index in [9.17, 15) is 23.1 Å². The molecule has 0 aliphatic heterocycles. The summed E-state index contributed by atoms with van der Waals surface area (Å²) in [6.45, 7) is 4.47. The van der Waals surface area contributed by atoms with E-state index >= 15 is 0 Å². The van der Waals surface area contributed by atoms with Crippen molar-refractivity contribution < 1.29 is 23.1 Å². The minimum Gasteiger partial charge on any atom is -0.480 e. The number of carboxylic acids is 1. The van der Waals surface area contributed by atoms with Crippen LogP contribution in [0.3, 0.4) is 0 Å². The Morgan fingerprint density at radius 3 is 2.16 bits per heavy atom. The van der Waals surface area contributed by atoms with E-state index in [-0.39, 0.29) is 13.1 Å². The van der Waals surface area contributed by atoms with E-state index in [1.54, 1.807) is 6.92 Å². The lowest BCUT2D eigenvalue weighted by molar-refractivity contribution is -0.155. The zero-order chi connectivity index (χ0) is 15.1. The Hall–Kier alpha value is -0.820. The van der Waals surface area contributed by atoms with Gasteiger partial charge >= 0.3 is 12.1 Å². The molecule has 0 rings (SSSR count). The molecule has 114 valence electrons. The minimum absolute atomic E-state index is 0.171. The van der Waals surface area contributed by atoms with Crippen LogP contribution in [0.15, 0.2) is 0 Å². The molecule has 0 saturated heterocycles. The number of nitrogens with one attached hydrogen (secondary N) is 1. The molecule has 0 saturated carbocycles. The maximum absolute atomic E-state index is 12.4. The molecule has 2 N–H and O–H groups in total. The number of aliphatic carboxylic acids is 1. The van der Waals surface area contributed by atoms with Crippen LogP contribution in [0.5, 0.6) is 0 Å². The Balaban J connectivity index is 4.78. The lowest BCUT2D eigenvalue weighted by atomic mass is 10.0. The van der Waals surface area contributed by atoms with Gasteiger partial charge in [-0.25, -0.2) is 0 Å². The van der Waals surface area contributed by atoms with Crippen molar-refractivity contribution in [1.82, 2.24) is 10.2 Å². The monoisotopic (exact) mass is 284 g/mol. The van der Waals surface area contributed by atoms with Gasteiger partial charge in [-0.3, -0.25) is 9.69 Å². The first-order chi connectivity index (χ1) is 8.64. The molecule has 0 bridgehead atoms. The standard InChI is InChI=1S/C12H23F3N2O2/c1-4-6-16-11(3,10(18)19)8-17(7-5-2)9-12(13,14)15/h16H,4-9H2,1-3H3,(H,18,19). The van der Waals surface area contributed by atoms with Gasteiger partial charge in [0, 0.05) is 6.54 Å². The molecule has 0 fully saturated rings. The van der Waals surface area contributed by atoms with Crippen LogP contribution in [0.4, 0.5) is 13.2 Å². The largest absolute Gasteiger partial charge is 0.480 e. The molecule has 0 aliphatic carbocycles. The van der Waals surface area contributed by atoms with Crippen LogP contribution in [0.25, 0.3) is 0 Å². The van der Waals surface area contributed by atoms with Crippen LogP contribution in [-0.2, 0) is 4.79 Å². The van der Waals surface area contributed by atoms with Gasteiger partial charge in [0.1, 0.15) is 5.54 Å². The molecular formula is C12H23F3N2O2. The third-order valence-electron chi connectivity index (χ3n) is 2.72. The molecule has 0 aliphatic rings. The molecule has 1 unspecified atom stereocenters. The predicted molar refractivity (Wildman–Crippen MR) is 67.1 cm³/mol. The van der Waals surface area contributed by atoms with Gasteiger partial charge < -0.3 is 10.4 Å². The molecule has 4 nitrogen and oxygen atoms in total. The van der Waals surface area contributed by atoms with Crippen molar-refractivity contribution >= 4 is 5.97 Å².